The van der Waals surface area contributed by atoms with Crippen LogP contribution in [0.1, 0.15) is 17.7 Å². The van der Waals surface area contributed by atoms with Crippen LogP contribution in [0.2, 0.25) is 0 Å². The molecule has 0 bridgehead atoms. The molecule has 176 valence electrons. The number of nitrogens with zero attached hydrogens (tertiary/aromatic N) is 3. The first-order valence-corrected chi connectivity index (χ1v) is 11.2. The van der Waals surface area contributed by atoms with Crippen LogP contribution in [0.5, 0.6) is 5.75 Å². The van der Waals surface area contributed by atoms with Crippen LogP contribution in [-0.4, -0.2) is 61.2 Å². The first-order chi connectivity index (χ1) is 15.8. The molecule has 2 aromatic carbocycles. The van der Waals surface area contributed by atoms with E-state index in [1.807, 2.05) is 24.3 Å². The highest BCUT2D eigenvalue weighted by Gasteiger charge is 2.25. The van der Waals surface area contributed by atoms with Crippen LogP contribution in [0.3, 0.4) is 0 Å². The van der Waals surface area contributed by atoms with Crippen molar-refractivity contribution in [1.29, 1.82) is 0 Å². The maximum absolute atomic E-state index is 15.3. The third-order valence-electron chi connectivity index (χ3n) is 6.06. The van der Waals surface area contributed by atoms with E-state index in [1.165, 1.54) is 6.92 Å². The zero-order valence-corrected chi connectivity index (χ0v) is 19.2. The quantitative estimate of drug-likeness (QED) is 0.503. The molecule has 3 aromatic rings. The molecular weight excluding hydrogens is 429 g/mol. The molecular formula is C25H29F3N4O. The second kappa shape index (κ2) is 9.97. The van der Waals surface area contributed by atoms with Crippen LogP contribution in [-0.2, 0) is 0 Å². The first-order valence-electron chi connectivity index (χ1n) is 11.2. The number of benzene rings is 2. The van der Waals surface area contributed by atoms with Crippen molar-refractivity contribution in [1.82, 2.24) is 14.8 Å². The van der Waals surface area contributed by atoms with Gasteiger partial charge in [0.25, 0.3) is 0 Å². The van der Waals surface area contributed by atoms with E-state index in [-0.39, 0.29) is 12.2 Å². The molecule has 0 atom stereocenters. The van der Waals surface area contributed by atoms with Crippen LogP contribution in [0.15, 0.2) is 30.3 Å². The zero-order valence-electron chi connectivity index (χ0n) is 19.2. The number of halogens is 3. The van der Waals surface area contributed by atoms with Gasteiger partial charge < -0.3 is 19.9 Å². The van der Waals surface area contributed by atoms with Crippen LogP contribution >= 0.6 is 0 Å². The minimum atomic E-state index is -1.08. The number of ether oxygens (including phenoxy) is 1. The number of likely N-dealkylation sites (N-methyl/N-ethyl adjacent to an activating group) is 1. The molecule has 1 aliphatic heterocycles. The molecule has 1 N–H and O–H groups in total. The Morgan fingerprint density at radius 1 is 1.00 bits per heavy atom. The molecule has 1 aromatic heterocycles. The number of hydrogen-bond acceptors (Lipinski definition) is 5. The van der Waals surface area contributed by atoms with E-state index >= 15 is 4.39 Å². The standard InChI is InChI=1S/C25H29F3N4O/c1-16-15-20(18-7-4-5-8-19(18)29-16)30-24-21(26)17(2)22(27)25(23(24)28)33-14-6-9-32-12-10-31(3)11-13-32/h4-5,7-8,15H,6,9-14H2,1-3H3,(H,29,30). The van der Waals surface area contributed by atoms with Gasteiger partial charge >= 0.3 is 0 Å². The number of fused-ring (bicyclic) bond motifs is 1. The monoisotopic (exact) mass is 458 g/mol. The number of nitrogens with one attached hydrogen (secondary N) is 1. The smallest absolute Gasteiger partial charge is 0.194 e. The largest absolute Gasteiger partial charge is 0.487 e. The number of pyridine rings is 1. The Morgan fingerprint density at radius 2 is 1.73 bits per heavy atom. The summed E-state index contributed by atoms with van der Waals surface area (Å²) in [4.78, 5) is 9.01. The molecule has 1 saturated heterocycles. The second-order valence-corrected chi connectivity index (χ2v) is 8.57. The van der Waals surface area contributed by atoms with Crippen molar-refractivity contribution in [2.75, 3.05) is 51.7 Å². The van der Waals surface area contributed by atoms with Gasteiger partial charge in [-0.25, -0.2) is 13.2 Å². The van der Waals surface area contributed by atoms with E-state index < -0.39 is 28.9 Å². The Labute approximate surface area is 192 Å². The molecule has 4 rings (SSSR count). The van der Waals surface area contributed by atoms with Crippen molar-refractivity contribution in [2.45, 2.75) is 20.3 Å². The Morgan fingerprint density at radius 3 is 2.48 bits per heavy atom. The van der Waals surface area contributed by atoms with Gasteiger partial charge in [0.15, 0.2) is 23.2 Å². The number of para-hydroxylation sites is 1. The Hall–Kier alpha value is -2.84. The van der Waals surface area contributed by atoms with Crippen LogP contribution < -0.4 is 10.1 Å². The third kappa shape index (κ3) is 5.07. The van der Waals surface area contributed by atoms with Crippen molar-refractivity contribution >= 4 is 22.3 Å². The summed E-state index contributed by atoms with van der Waals surface area (Å²) in [5.74, 6) is -3.61. The maximum atomic E-state index is 15.3. The fourth-order valence-electron chi connectivity index (χ4n) is 4.08. The lowest BCUT2D eigenvalue weighted by atomic mass is 10.1. The van der Waals surface area contributed by atoms with E-state index in [1.54, 1.807) is 13.0 Å². The predicted octanol–water partition coefficient (Wildman–Crippen LogP) is 5.03. The SMILES string of the molecule is Cc1cc(Nc2c(F)c(C)c(F)c(OCCCN3CCN(C)CC3)c2F)c2ccccc2n1. The first kappa shape index (κ1) is 23.3. The molecule has 0 amide bonds. The summed E-state index contributed by atoms with van der Waals surface area (Å²) in [6, 6.07) is 9.01. The van der Waals surface area contributed by atoms with Crippen molar-refractivity contribution < 1.29 is 17.9 Å². The maximum Gasteiger partial charge on any atom is 0.194 e. The van der Waals surface area contributed by atoms with Crippen molar-refractivity contribution in [3.05, 3.63) is 59.0 Å². The lowest BCUT2D eigenvalue weighted by Gasteiger charge is -2.32. The van der Waals surface area contributed by atoms with Crippen LogP contribution in [0.4, 0.5) is 24.5 Å². The molecule has 0 saturated carbocycles. The summed E-state index contributed by atoms with van der Waals surface area (Å²) < 4.78 is 50.4. The van der Waals surface area contributed by atoms with Gasteiger partial charge in [-0.1, -0.05) is 18.2 Å². The van der Waals surface area contributed by atoms with Gasteiger partial charge in [0.2, 0.25) is 0 Å². The van der Waals surface area contributed by atoms with Crippen molar-refractivity contribution in [3.63, 3.8) is 0 Å². The van der Waals surface area contributed by atoms with E-state index in [0.717, 1.165) is 32.7 Å². The molecule has 1 aliphatic rings. The van der Waals surface area contributed by atoms with Gasteiger partial charge in [-0.3, -0.25) is 4.98 Å². The highest BCUT2D eigenvalue weighted by atomic mass is 19.1. The molecule has 0 spiro atoms. The highest BCUT2D eigenvalue weighted by molar-refractivity contribution is 5.93. The molecule has 8 heteroatoms. The minimum absolute atomic E-state index is 0.141. The number of hydrogen-bond donors (Lipinski definition) is 1. The summed E-state index contributed by atoms with van der Waals surface area (Å²) in [6.45, 7) is 7.92. The Bertz CT molecular complexity index is 1150. The zero-order chi connectivity index (χ0) is 23.5. The molecule has 2 heterocycles. The average Bonchev–Trinajstić information content (AvgIpc) is 2.81. The molecule has 5 nitrogen and oxygen atoms in total. The average molecular weight is 459 g/mol. The van der Waals surface area contributed by atoms with Gasteiger partial charge in [-0.05, 0) is 39.4 Å². The third-order valence-corrected chi connectivity index (χ3v) is 6.06. The van der Waals surface area contributed by atoms with Gasteiger partial charge in [0, 0.05) is 55.1 Å². The summed E-state index contributed by atoms with van der Waals surface area (Å²) in [5, 5.41) is 3.54. The lowest BCUT2D eigenvalue weighted by molar-refractivity contribution is 0.144. The fraction of sp³-hybridized carbons (Fsp3) is 0.400. The summed E-state index contributed by atoms with van der Waals surface area (Å²) in [7, 11) is 2.09. The molecule has 0 radical (unpaired) electrons. The predicted molar refractivity (Wildman–Crippen MR) is 125 cm³/mol. The number of aromatic nitrogens is 1. The normalized spacial score (nSPS) is 15.2. The van der Waals surface area contributed by atoms with E-state index in [9.17, 15) is 8.78 Å². The number of aryl methyl sites for hydroxylation is 1. The van der Waals surface area contributed by atoms with E-state index in [0.29, 0.717) is 28.7 Å². The van der Waals surface area contributed by atoms with Gasteiger partial charge in [-0.15, -0.1) is 0 Å². The Balaban J connectivity index is 1.54. The van der Waals surface area contributed by atoms with E-state index in [2.05, 4.69) is 27.1 Å². The summed E-state index contributed by atoms with van der Waals surface area (Å²) in [5.41, 5.74) is 1.15. The number of anilines is 2. The van der Waals surface area contributed by atoms with Gasteiger partial charge in [0.1, 0.15) is 5.69 Å². The Kier molecular flexibility index (Phi) is 7.05. The molecule has 1 fully saturated rings. The summed E-state index contributed by atoms with van der Waals surface area (Å²) in [6.07, 6.45) is 0.621. The van der Waals surface area contributed by atoms with Crippen molar-refractivity contribution in [3.8, 4) is 5.75 Å². The highest BCUT2D eigenvalue weighted by Crippen LogP contribution is 2.37. The van der Waals surface area contributed by atoms with Gasteiger partial charge in [0.05, 0.1) is 12.1 Å². The topological polar surface area (TPSA) is 40.6 Å². The number of rotatable bonds is 7. The van der Waals surface area contributed by atoms with E-state index in [4.69, 9.17) is 4.74 Å². The fourth-order valence-corrected chi connectivity index (χ4v) is 4.08. The van der Waals surface area contributed by atoms with Crippen molar-refractivity contribution in [2.24, 2.45) is 0 Å². The minimum Gasteiger partial charge on any atom is -0.487 e. The molecule has 0 aliphatic carbocycles. The van der Waals surface area contributed by atoms with Crippen LogP contribution in [0.25, 0.3) is 10.9 Å². The molecule has 0 unspecified atom stereocenters. The molecule has 33 heavy (non-hydrogen) atoms. The summed E-state index contributed by atoms with van der Waals surface area (Å²) >= 11 is 0. The van der Waals surface area contributed by atoms with Gasteiger partial charge in [-0.2, -0.15) is 0 Å². The second-order valence-electron chi connectivity index (χ2n) is 8.57. The van der Waals surface area contributed by atoms with Crippen LogP contribution in [0, 0.1) is 31.3 Å². The lowest BCUT2D eigenvalue weighted by Crippen LogP contribution is -2.44. The number of piperazine rings is 1.